The third-order valence-electron chi connectivity index (χ3n) is 2.94. The van der Waals surface area contributed by atoms with E-state index in [9.17, 15) is 9.59 Å². The third-order valence-corrected chi connectivity index (χ3v) is 2.94. The van der Waals surface area contributed by atoms with Crippen LogP contribution in [0.25, 0.3) is 0 Å². The van der Waals surface area contributed by atoms with Crippen molar-refractivity contribution in [1.29, 1.82) is 0 Å². The number of amides is 2. The van der Waals surface area contributed by atoms with E-state index < -0.39 is 0 Å². The van der Waals surface area contributed by atoms with E-state index in [1.807, 2.05) is 6.92 Å². The maximum absolute atomic E-state index is 11.9. The van der Waals surface area contributed by atoms with Gasteiger partial charge in [-0.2, -0.15) is 0 Å². The van der Waals surface area contributed by atoms with Crippen molar-refractivity contribution in [2.24, 2.45) is 5.92 Å². The first kappa shape index (κ1) is 10.4. The fraction of sp³-hybridized carbons (Fsp3) is 0.800. The maximum Gasteiger partial charge on any atom is 0.251 e. The molecule has 0 bridgehead atoms. The molecular weight excluding hydrogens is 196 g/mol. The van der Waals surface area contributed by atoms with Gasteiger partial charge in [-0.05, 0) is 13.3 Å². The SMILES string of the molecule is CCN1CC(C(=O)N2CCCO2)CC1=O. The lowest BCUT2D eigenvalue weighted by molar-refractivity contribution is -0.173. The minimum Gasteiger partial charge on any atom is -0.342 e. The molecule has 84 valence electrons. The van der Waals surface area contributed by atoms with Crippen molar-refractivity contribution in [1.82, 2.24) is 9.96 Å². The molecule has 2 fully saturated rings. The Bertz CT molecular complexity index is 274. The summed E-state index contributed by atoms with van der Waals surface area (Å²) >= 11 is 0. The lowest BCUT2D eigenvalue weighted by atomic mass is 10.1. The summed E-state index contributed by atoms with van der Waals surface area (Å²) in [7, 11) is 0. The molecule has 2 saturated heterocycles. The Hall–Kier alpha value is -1.10. The zero-order chi connectivity index (χ0) is 10.8. The molecule has 5 heteroatoms. The van der Waals surface area contributed by atoms with Gasteiger partial charge in [-0.1, -0.05) is 0 Å². The Morgan fingerprint density at radius 1 is 1.60 bits per heavy atom. The molecule has 2 aliphatic heterocycles. The van der Waals surface area contributed by atoms with Crippen LogP contribution in [0, 0.1) is 5.92 Å². The number of hydroxylamine groups is 2. The maximum atomic E-state index is 11.9. The van der Waals surface area contributed by atoms with Crippen molar-refractivity contribution in [2.75, 3.05) is 26.2 Å². The van der Waals surface area contributed by atoms with E-state index in [0.717, 1.165) is 6.42 Å². The van der Waals surface area contributed by atoms with Crippen LogP contribution < -0.4 is 0 Å². The Morgan fingerprint density at radius 2 is 2.40 bits per heavy atom. The number of hydrogen-bond donors (Lipinski definition) is 0. The summed E-state index contributed by atoms with van der Waals surface area (Å²) in [6.07, 6.45) is 1.23. The molecule has 5 nitrogen and oxygen atoms in total. The predicted octanol–water partition coefficient (Wildman–Crippen LogP) is 0.0187. The number of nitrogens with zero attached hydrogens (tertiary/aromatic N) is 2. The van der Waals surface area contributed by atoms with Crippen LogP contribution in [0.1, 0.15) is 19.8 Å². The number of hydrogen-bond acceptors (Lipinski definition) is 3. The first-order chi connectivity index (χ1) is 7.22. The largest absolute Gasteiger partial charge is 0.342 e. The molecule has 2 heterocycles. The number of carbonyl (C=O) groups is 2. The molecule has 0 saturated carbocycles. The van der Waals surface area contributed by atoms with Gasteiger partial charge in [0.05, 0.1) is 19.1 Å². The summed E-state index contributed by atoms with van der Waals surface area (Å²) in [6.45, 7) is 4.44. The first-order valence-electron chi connectivity index (χ1n) is 5.44. The topological polar surface area (TPSA) is 49.9 Å². The van der Waals surface area contributed by atoms with Gasteiger partial charge in [-0.15, -0.1) is 0 Å². The molecule has 0 aliphatic carbocycles. The predicted molar refractivity (Wildman–Crippen MR) is 52.6 cm³/mol. The molecule has 2 aliphatic rings. The van der Waals surface area contributed by atoms with E-state index >= 15 is 0 Å². The zero-order valence-electron chi connectivity index (χ0n) is 8.94. The lowest BCUT2D eigenvalue weighted by Gasteiger charge is -2.18. The molecule has 1 atom stereocenters. The highest BCUT2D eigenvalue weighted by atomic mass is 16.7. The highest BCUT2D eigenvalue weighted by Crippen LogP contribution is 2.21. The zero-order valence-corrected chi connectivity index (χ0v) is 8.94. The molecule has 0 aromatic carbocycles. The molecule has 2 amide bonds. The minimum atomic E-state index is -0.199. The Labute approximate surface area is 88.9 Å². The summed E-state index contributed by atoms with van der Waals surface area (Å²) in [4.78, 5) is 30.2. The van der Waals surface area contributed by atoms with Gasteiger partial charge in [-0.3, -0.25) is 14.4 Å². The fourth-order valence-corrected chi connectivity index (χ4v) is 2.07. The summed E-state index contributed by atoms with van der Waals surface area (Å²) in [5.74, 6) is -0.151. The van der Waals surface area contributed by atoms with Crippen LogP contribution in [0.4, 0.5) is 0 Å². The van der Waals surface area contributed by atoms with Gasteiger partial charge in [0.2, 0.25) is 5.91 Å². The van der Waals surface area contributed by atoms with Gasteiger partial charge in [0, 0.05) is 19.5 Å². The van der Waals surface area contributed by atoms with Gasteiger partial charge >= 0.3 is 0 Å². The Kier molecular flexibility index (Phi) is 2.90. The van der Waals surface area contributed by atoms with Crippen molar-refractivity contribution < 1.29 is 14.4 Å². The molecule has 2 rings (SSSR count). The van der Waals surface area contributed by atoms with E-state index in [0.29, 0.717) is 32.7 Å². The number of carbonyl (C=O) groups excluding carboxylic acids is 2. The molecule has 1 unspecified atom stereocenters. The second-order valence-corrected chi connectivity index (χ2v) is 3.96. The van der Waals surface area contributed by atoms with E-state index in [1.165, 1.54) is 5.06 Å². The van der Waals surface area contributed by atoms with E-state index in [2.05, 4.69) is 0 Å². The summed E-state index contributed by atoms with van der Waals surface area (Å²) in [6, 6.07) is 0. The second-order valence-electron chi connectivity index (χ2n) is 3.96. The molecule has 0 N–H and O–H groups in total. The van der Waals surface area contributed by atoms with E-state index in [1.54, 1.807) is 4.90 Å². The Balaban J connectivity index is 1.94. The van der Waals surface area contributed by atoms with Crippen molar-refractivity contribution in [3.63, 3.8) is 0 Å². The quantitative estimate of drug-likeness (QED) is 0.648. The third kappa shape index (κ3) is 1.97. The van der Waals surface area contributed by atoms with Crippen molar-refractivity contribution >= 4 is 11.8 Å². The van der Waals surface area contributed by atoms with Crippen LogP contribution in [-0.2, 0) is 14.4 Å². The smallest absolute Gasteiger partial charge is 0.251 e. The normalized spacial score (nSPS) is 26.5. The van der Waals surface area contributed by atoms with Gasteiger partial charge in [0.1, 0.15) is 0 Å². The number of rotatable bonds is 2. The van der Waals surface area contributed by atoms with Crippen LogP contribution >= 0.6 is 0 Å². The van der Waals surface area contributed by atoms with Gasteiger partial charge in [0.15, 0.2) is 0 Å². The standard InChI is InChI=1S/C10H16N2O3/c1-2-11-7-8(6-9(11)13)10(14)12-4-3-5-15-12/h8H,2-7H2,1H3. The molecule has 0 spiro atoms. The minimum absolute atomic E-state index is 0.0307. The summed E-state index contributed by atoms with van der Waals surface area (Å²) < 4.78 is 0. The molecule has 0 aromatic rings. The second kappa shape index (κ2) is 4.18. The first-order valence-corrected chi connectivity index (χ1v) is 5.44. The van der Waals surface area contributed by atoms with Crippen LogP contribution in [0.5, 0.6) is 0 Å². The van der Waals surface area contributed by atoms with Crippen LogP contribution in [0.2, 0.25) is 0 Å². The fourth-order valence-electron chi connectivity index (χ4n) is 2.07. The van der Waals surface area contributed by atoms with Crippen LogP contribution in [0.3, 0.4) is 0 Å². The van der Waals surface area contributed by atoms with Gasteiger partial charge in [0.25, 0.3) is 5.91 Å². The Morgan fingerprint density at radius 3 is 2.93 bits per heavy atom. The molecular formula is C10H16N2O3. The molecule has 15 heavy (non-hydrogen) atoms. The van der Waals surface area contributed by atoms with Crippen molar-refractivity contribution in [2.45, 2.75) is 19.8 Å². The van der Waals surface area contributed by atoms with E-state index in [-0.39, 0.29) is 17.7 Å². The van der Waals surface area contributed by atoms with E-state index in [4.69, 9.17) is 4.84 Å². The highest BCUT2D eigenvalue weighted by molar-refractivity contribution is 5.88. The monoisotopic (exact) mass is 212 g/mol. The number of likely N-dealkylation sites (tertiary alicyclic amines) is 1. The van der Waals surface area contributed by atoms with Gasteiger partial charge < -0.3 is 4.90 Å². The van der Waals surface area contributed by atoms with Crippen LogP contribution in [-0.4, -0.2) is 48.0 Å². The van der Waals surface area contributed by atoms with Crippen molar-refractivity contribution in [3.8, 4) is 0 Å². The molecule has 0 aromatic heterocycles. The van der Waals surface area contributed by atoms with Crippen molar-refractivity contribution in [3.05, 3.63) is 0 Å². The lowest BCUT2D eigenvalue weighted by Crippen LogP contribution is -2.34. The van der Waals surface area contributed by atoms with Crippen LogP contribution in [0.15, 0.2) is 0 Å². The summed E-state index contributed by atoms with van der Waals surface area (Å²) in [5, 5.41) is 1.41. The van der Waals surface area contributed by atoms with Gasteiger partial charge in [-0.25, -0.2) is 5.06 Å². The molecule has 0 radical (unpaired) electrons. The highest BCUT2D eigenvalue weighted by Gasteiger charge is 2.36. The average Bonchev–Trinajstić information content (AvgIpc) is 2.85. The summed E-state index contributed by atoms with van der Waals surface area (Å²) in [5.41, 5.74) is 0. The average molecular weight is 212 g/mol.